The molecule has 0 aliphatic heterocycles. The van der Waals surface area contributed by atoms with Gasteiger partial charge in [-0.15, -0.1) is 0 Å². The lowest BCUT2D eigenvalue weighted by atomic mass is 10.1. The molecule has 0 aromatic heterocycles. The molecule has 1 atom stereocenters. The summed E-state index contributed by atoms with van der Waals surface area (Å²) in [4.78, 5) is 26.1. The molecule has 1 aromatic carbocycles. The summed E-state index contributed by atoms with van der Waals surface area (Å²) in [6.07, 6.45) is 1.28. The quantitative estimate of drug-likeness (QED) is 0.333. The van der Waals surface area contributed by atoms with Crippen LogP contribution in [-0.4, -0.2) is 43.4 Å². The summed E-state index contributed by atoms with van der Waals surface area (Å²) in [7, 11) is 6.55. The number of hydrogen-bond acceptors (Lipinski definition) is 6. The van der Waals surface area contributed by atoms with Crippen LogP contribution in [0.3, 0.4) is 0 Å². The summed E-state index contributed by atoms with van der Waals surface area (Å²) in [6, 6.07) is 7.94. The standard InChI is InChI=1S/C18H27NO4S2/c1-5-12-24-25-16-9-7-6-8-15(16)13-23-18(21)19(3)11-10-14(2)17(20)22-4/h6-9,14H,5,10-13H2,1-4H3. The molecular weight excluding hydrogens is 358 g/mol. The first kappa shape index (κ1) is 21.7. The third-order valence-electron chi connectivity index (χ3n) is 3.57. The number of methoxy groups -OCH3 is 1. The van der Waals surface area contributed by atoms with Crippen LogP contribution in [0.1, 0.15) is 32.3 Å². The van der Waals surface area contributed by atoms with Gasteiger partial charge in [-0.1, -0.05) is 53.6 Å². The molecule has 25 heavy (non-hydrogen) atoms. The number of ether oxygens (including phenoxy) is 2. The third-order valence-corrected chi connectivity index (χ3v) is 6.24. The maximum Gasteiger partial charge on any atom is 0.409 e. The second-order valence-electron chi connectivity index (χ2n) is 5.70. The van der Waals surface area contributed by atoms with E-state index >= 15 is 0 Å². The van der Waals surface area contributed by atoms with E-state index in [1.165, 1.54) is 12.0 Å². The van der Waals surface area contributed by atoms with Gasteiger partial charge >= 0.3 is 12.1 Å². The van der Waals surface area contributed by atoms with Crippen LogP contribution in [0, 0.1) is 5.92 Å². The zero-order chi connectivity index (χ0) is 18.7. The smallest absolute Gasteiger partial charge is 0.409 e. The Morgan fingerprint density at radius 2 is 2.00 bits per heavy atom. The number of hydrogen-bond donors (Lipinski definition) is 0. The number of carbonyl (C=O) groups is 2. The summed E-state index contributed by atoms with van der Waals surface area (Å²) in [5, 5.41) is 0. The van der Waals surface area contributed by atoms with Crippen LogP contribution in [0.5, 0.6) is 0 Å². The van der Waals surface area contributed by atoms with Gasteiger partial charge in [-0.25, -0.2) is 4.79 Å². The molecule has 140 valence electrons. The molecule has 0 fully saturated rings. The van der Waals surface area contributed by atoms with Gasteiger partial charge in [0.1, 0.15) is 6.61 Å². The Kier molecular flexibility index (Phi) is 10.5. The van der Waals surface area contributed by atoms with Crippen molar-refractivity contribution in [1.82, 2.24) is 4.90 Å². The minimum Gasteiger partial charge on any atom is -0.469 e. The predicted molar refractivity (Wildman–Crippen MR) is 104 cm³/mol. The van der Waals surface area contributed by atoms with Crippen molar-refractivity contribution in [1.29, 1.82) is 0 Å². The maximum absolute atomic E-state index is 12.1. The molecule has 0 heterocycles. The van der Waals surface area contributed by atoms with E-state index in [0.29, 0.717) is 13.0 Å². The summed E-state index contributed by atoms with van der Waals surface area (Å²) < 4.78 is 10.1. The van der Waals surface area contributed by atoms with Crippen molar-refractivity contribution >= 4 is 33.7 Å². The van der Waals surface area contributed by atoms with E-state index in [0.717, 1.165) is 22.6 Å². The van der Waals surface area contributed by atoms with Gasteiger partial charge < -0.3 is 14.4 Å². The minimum absolute atomic E-state index is 0.242. The van der Waals surface area contributed by atoms with Gasteiger partial charge in [0.25, 0.3) is 0 Å². The zero-order valence-corrected chi connectivity index (χ0v) is 17.0. The number of esters is 1. The van der Waals surface area contributed by atoms with Crippen LogP contribution in [0.15, 0.2) is 29.2 Å². The van der Waals surface area contributed by atoms with E-state index in [4.69, 9.17) is 4.74 Å². The van der Waals surface area contributed by atoms with E-state index in [1.807, 2.05) is 24.3 Å². The molecule has 1 unspecified atom stereocenters. The van der Waals surface area contributed by atoms with Gasteiger partial charge in [-0.3, -0.25) is 4.79 Å². The molecule has 1 aromatic rings. The van der Waals surface area contributed by atoms with Crippen molar-refractivity contribution in [3.05, 3.63) is 29.8 Å². The molecule has 0 spiro atoms. The van der Waals surface area contributed by atoms with Crippen molar-refractivity contribution in [3.63, 3.8) is 0 Å². The molecule has 0 aliphatic carbocycles. The zero-order valence-electron chi connectivity index (χ0n) is 15.3. The van der Waals surface area contributed by atoms with Gasteiger partial charge in [0.2, 0.25) is 0 Å². The van der Waals surface area contributed by atoms with Gasteiger partial charge in [0, 0.05) is 29.8 Å². The molecule has 0 radical (unpaired) electrons. The van der Waals surface area contributed by atoms with Crippen molar-refractivity contribution in [2.24, 2.45) is 5.92 Å². The van der Waals surface area contributed by atoms with Crippen LogP contribution in [0.25, 0.3) is 0 Å². The first-order valence-electron chi connectivity index (χ1n) is 8.32. The first-order chi connectivity index (χ1) is 12.0. The molecular formula is C18H27NO4S2. The third kappa shape index (κ3) is 8.05. The fourth-order valence-corrected chi connectivity index (χ4v) is 4.30. The van der Waals surface area contributed by atoms with Crippen LogP contribution >= 0.6 is 21.6 Å². The Morgan fingerprint density at radius 3 is 2.68 bits per heavy atom. The molecule has 7 heteroatoms. The number of nitrogens with zero attached hydrogens (tertiary/aromatic N) is 1. The molecule has 5 nitrogen and oxygen atoms in total. The highest BCUT2D eigenvalue weighted by Crippen LogP contribution is 2.34. The second kappa shape index (κ2) is 12.1. The molecule has 0 N–H and O–H groups in total. The van der Waals surface area contributed by atoms with E-state index in [-0.39, 0.29) is 18.5 Å². The molecule has 0 saturated carbocycles. The highest BCUT2D eigenvalue weighted by atomic mass is 33.1. The van der Waals surface area contributed by atoms with Gasteiger partial charge in [0.15, 0.2) is 0 Å². The first-order valence-corrected chi connectivity index (χ1v) is 10.6. The summed E-state index contributed by atoms with van der Waals surface area (Å²) in [5.41, 5.74) is 1.00. The number of carbonyl (C=O) groups excluding carboxylic acids is 2. The fraction of sp³-hybridized carbons (Fsp3) is 0.556. The van der Waals surface area contributed by atoms with E-state index in [1.54, 1.807) is 35.6 Å². The normalized spacial score (nSPS) is 11.7. The minimum atomic E-state index is -0.391. The molecule has 1 rings (SSSR count). The van der Waals surface area contributed by atoms with Crippen LogP contribution < -0.4 is 0 Å². The Labute approximate surface area is 158 Å². The highest BCUT2D eigenvalue weighted by Gasteiger charge is 2.17. The Hall–Kier alpha value is -1.34. The van der Waals surface area contributed by atoms with Crippen molar-refractivity contribution < 1.29 is 19.1 Å². The Morgan fingerprint density at radius 1 is 1.28 bits per heavy atom. The topological polar surface area (TPSA) is 55.8 Å². The SMILES string of the molecule is CCCSSc1ccccc1COC(=O)N(C)CCC(C)C(=O)OC. The van der Waals surface area contributed by atoms with E-state index in [9.17, 15) is 9.59 Å². The lowest BCUT2D eigenvalue weighted by Gasteiger charge is -2.19. The number of amides is 1. The number of benzene rings is 1. The second-order valence-corrected chi connectivity index (χ2v) is 8.16. The van der Waals surface area contributed by atoms with E-state index < -0.39 is 6.09 Å². The van der Waals surface area contributed by atoms with Gasteiger partial charge in [-0.05, 0) is 18.9 Å². The largest absolute Gasteiger partial charge is 0.469 e. The molecule has 1 amide bonds. The monoisotopic (exact) mass is 385 g/mol. The number of rotatable bonds is 10. The Bertz CT molecular complexity index is 554. The average Bonchev–Trinajstić information content (AvgIpc) is 2.64. The van der Waals surface area contributed by atoms with Crippen molar-refractivity contribution in [2.75, 3.05) is 26.5 Å². The molecule has 0 bridgehead atoms. The van der Waals surface area contributed by atoms with Crippen LogP contribution in [-0.2, 0) is 20.9 Å². The average molecular weight is 386 g/mol. The van der Waals surface area contributed by atoms with E-state index in [2.05, 4.69) is 11.7 Å². The van der Waals surface area contributed by atoms with Gasteiger partial charge in [-0.2, -0.15) is 0 Å². The highest BCUT2D eigenvalue weighted by molar-refractivity contribution is 8.76. The summed E-state index contributed by atoms with van der Waals surface area (Å²) in [5.74, 6) is 0.574. The van der Waals surface area contributed by atoms with Crippen molar-refractivity contribution in [3.8, 4) is 0 Å². The Balaban J connectivity index is 2.46. The fourth-order valence-electron chi connectivity index (χ4n) is 1.94. The lowest BCUT2D eigenvalue weighted by Crippen LogP contribution is -2.30. The lowest BCUT2D eigenvalue weighted by molar-refractivity contribution is -0.145. The summed E-state index contributed by atoms with van der Waals surface area (Å²) in [6.45, 7) is 4.62. The predicted octanol–water partition coefficient (Wildman–Crippen LogP) is 4.60. The maximum atomic E-state index is 12.1. The van der Waals surface area contributed by atoms with Crippen molar-refractivity contribution in [2.45, 2.75) is 38.2 Å². The van der Waals surface area contributed by atoms with Gasteiger partial charge in [0.05, 0.1) is 13.0 Å². The molecule has 0 aliphatic rings. The summed E-state index contributed by atoms with van der Waals surface area (Å²) >= 11 is 0. The molecule has 0 saturated heterocycles. The van der Waals surface area contributed by atoms with Crippen LogP contribution in [0.2, 0.25) is 0 Å². The van der Waals surface area contributed by atoms with Crippen LogP contribution in [0.4, 0.5) is 4.79 Å².